The van der Waals surface area contributed by atoms with E-state index in [0.717, 1.165) is 6.54 Å². The molecular weight excluding hydrogens is 146 g/mol. The molecule has 0 aliphatic heterocycles. The van der Waals surface area contributed by atoms with Crippen molar-refractivity contribution in [2.45, 2.75) is 45.0 Å². The van der Waals surface area contributed by atoms with E-state index in [9.17, 15) is 0 Å². The summed E-state index contributed by atoms with van der Waals surface area (Å²) in [7, 11) is 0. The van der Waals surface area contributed by atoms with E-state index in [-0.39, 0.29) is 10.4 Å². The van der Waals surface area contributed by atoms with Crippen molar-refractivity contribution >= 4 is 11.6 Å². The molecule has 0 fully saturated rings. The number of alkyl halides is 1. The van der Waals surface area contributed by atoms with Gasteiger partial charge in [-0.2, -0.15) is 0 Å². The normalized spacial score (nSPS) is 13.8. The molecule has 0 saturated carbocycles. The maximum Gasteiger partial charge on any atom is 0.0514 e. The largest absolute Gasteiger partial charge is 0.310 e. The van der Waals surface area contributed by atoms with Gasteiger partial charge in [-0.1, -0.05) is 0 Å². The molecule has 1 nitrogen and oxygen atoms in total. The van der Waals surface area contributed by atoms with Crippen molar-refractivity contribution in [2.24, 2.45) is 0 Å². The van der Waals surface area contributed by atoms with Crippen LogP contribution >= 0.6 is 11.6 Å². The van der Waals surface area contributed by atoms with E-state index in [1.165, 1.54) is 0 Å². The zero-order chi connectivity index (χ0) is 8.41. The van der Waals surface area contributed by atoms with Gasteiger partial charge in [0.25, 0.3) is 0 Å². The van der Waals surface area contributed by atoms with Crippen LogP contribution < -0.4 is 5.32 Å². The average Bonchev–Trinajstić information content (AvgIpc) is 1.57. The van der Waals surface area contributed by atoms with Crippen molar-refractivity contribution in [3.8, 4) is 0 Å². The Morgan fingerprint density at radius 3 is 1.60 bits per heavy atom. The maximum atomic E-state index is 5.98. The first-order chi connectivity index (χ1) is 4.21. The van der Waals surface area contributed by atoms with Crippen LogP contribution in [0.4, 0.5) is 0 Å². The number of nitrogens with one attached hydrogen (secondary N) is 1. The summed E-state index contributed by atoms with van der Waals surface area (Å²) in [5.74, 6) is 0. The van der Waals surface area contributed by atoms with Crippen molar-refractivity contribution < 1.29 is 0 Å². The van der Waals surface area contributed by atoms with E-state index in [1.54, 1.807) is 0 Å². The molecule has 0 unspecified atom stereocenters. The van der Waals surface area contributed by atoms with Gasteiger partial charge in [0.2, 0.25) is 0 Å². The fourth-order valence-corrected chi connectivity index (χ4v) is 0.542. The highest BCUT2D eigenvalue weighted by molar-refractivity contribution is 6.23. The summed E-state index contributed by atoms with van der Waals surface area (Å²) in [6.07, 6.45) is 0. The van der Waals surface area contributed by atoms with E-state index in [0.29, 0.717) is 0 Å². The second-order valence-electron chi connectivity index (χ2n) is 4.32. The summed E-state index contributed by atoms with van der Waals surface area (Å²) in [4.78, 5) is -0.132. The molecule has 10 heavy (non-hydrogen) atoms. The maximum absolute atomic E-state index is 5.98. The van der Waals surface area contributed by atoms with Gasteiger partial charge in [-0.25, -0.2) is 0 Å². The Morgan fingerprint density at radius 2 is 1.50 bits per heavy atom. The SMILES string of the molecule is CC(C)(Cl)CNC(C)(C)C. The van der Waals surface area contributed by atoms with Gasteiger partial charge in [0, 0.05) is 12.1 Å². The summed E-state index contributed by atoms with van der Waals surface area (Å²) in [5.41, 5.74) is 0.173. The predicted octanol–water partition coefficient (Wildman–Crippen LogP) is 2.39. The van der Waals surface area contributed by atoms with Crippen LogP contribution in [0.25, 0.3) is 0 Å². The first-order valence-corrected chi connectivity index (χ1v) is 4.02. The monoisotopic (exact) mass is 163 g/mol. The van der Waals surface area contributed by atoms with Crippen LogP contribution in [0.5, 0.6) is 0 Å². The minimum atomic E-state index is -0.132. The Bertz CT molecular complexity index is 82.8. The van der Waals surface area contributed by atoms with Crippen molar-refractivity contribution in [3.63, 3.8) is 0 Å². The van der Waals surface area contributed by atoms with E-state index >= 15 is 0 Å². The zero-order valence-electron chi connectivity index (χ0n) is 7.59. The lowest BCUT2D eigenvalue weighted by Crippen LogP contribution is -2.42. The Balaban J connectivity index is 3.56. The number of hydrogen-bond donors (Lipinski definition) is 1. The first kappa shape index (κ1) is 10.2. The molecule has 0 rings (SSSR count). The lowest BCUT2D eigenvalue weighted by atomic mass is 10.1. The van der Waals surface area contributed by atoms with Crippen LogP contribution in [-0.4, -0.2) is 17.0 Å². The fraction of sp³-hybridized carbons (Fsp3) is 1.00. The zero-order valence-corrected chi connectivity index (χ0v) is 8.34. The Morgan fingerprint density at radius 1 is 1.10 bits per heavy atom. The lowest BCUT2D eigenvalue weighted by Gasteiger charge is -2.25. The molecule has 1 N–H and O–H groups in total. The molecule has 0 spiro atoms. The first-order valence-electron chi connectivity index (χ1n) is 3.65. The van der Waals surface area contributed by atoms with Gasteiger partial charge in [-0.3, -0.25) is 0 Å². The molecule has 62 valence electrons. The standard InChI is InChI=1S/C8H18ClN/c1-7(2,3)10-6-8(4,5)9/h10H,6H2,1-5H3. The van der Waals surface area contributed by atoms with Gasteiger partial charge in [0.15, 0.2) is 0 Å². The molecule has 0 aromatic rings. The van der Waals surface area contributed by atoms with E-state index in [1.807, 2.05) is 13.8 Å². The average molecular weight is 164 g/mol. The molecule has 0 aromatic carbocycles. The van der Waals surface area contributed by atoms with E-state index < -0.39 is 0 Å². The summed E-state index contributed by atoms with van der Waals surface area (Å²) in [6, 6.07) is 0. The topological polar surface area (TPSA) is 12.0 Å². The van der Waals surface area contributed by atoms with Gasteiger partial charge in [0.1, 0.15) is 0 Å². The molecule has 0 radical (unpaired) electrons. The van der Waals surface area contributed by atoms with E-state index in [2.05, 4.69) is 26.1 Å². The Hall–Kier alpha value is 0.250. The summed E-state index contributed by atoms with van der Waals surface area (Å²) >= 11 is 5.98. The molecule has 2 heteroatoms. The van der Waals surface area contributed by atoms with Crippen molar-refractivity contribution in [1.29, 1.82) is 0 Å². The third-order valence-electron chi connectivity index (χ3n) is 1.04. The van der Waals surface area contributed by atoms with Crippen molar-refractivity contribution in [3.05, 3.63) is 0 Å². The fourth-order valence-electron chi connectivity index (χ4n) is 0.475. The number of hydrogen-bond acceptors (Lipinski definition) is 1. The number of halogens is 1. The minimum absolute atomic E-state index is 0.132. The highest BCUT2D eigenvalue weighted by Crippen LogP contribution is 2.12. The molecule has 0 aliphatic carbocycles. The molecule has 0 saturated heterocycles. The number of rotatable bonds is 2. The molecule has 0 heterocycles. The van der Waals surface area contributed by atoms with Crippen LogP contribution in [0.15, 0.2) is 0 Å². The molecule has 0 aliphatic rings. The molecule has 0 amide bonds. The second-order valence-corrected chi connectivity index (χ2v) is 5.35. The Labute approximate surface area is 69.1 Å². The third kappa shape index (κ3) is 8.25. The summed E-state index contributed by atoms with van der Waals surface area (Å²) in [6.45, 7) is 11.3. The minimum Gasteiger partial charge on any atom is -0.310 e. The van der Waals surface area contributed by atoms with Gasteiger partial charge in [-0.05, 0) is 34.6 Å². The van der Waals surface area contributed by atoms with Crippen molar-refractivity contribution in [1.82, 2.24) is 5.32 Å². The van der Waals surface area contributed by atoms with Gasteiger partial charge in [-0.15, -0.1) is 11.6 Å². The third-order valence-corrected chi connectivity index (χ3v) is 1.17. The highest BCUT2D eigenvalue weighted by Gasteiger charge is 2.16. The predicted molar refractivity (Wildman–Crippen MR) is 47.7 cm³/mol. The lowest BCUT2D eigenvalue weighted by molar-refractivity contribution is 0.403. The van der Waals surface area contributed by atoms with Crippen LogP contribution in [0.1, 0.15) is 34.6 Å². The summed E-state index contributed by atoms with van der Waals surface area (Å²) < 4.78 is 0. The summed E-state index contributed by atoms with van der Waals surface area (Å²) in [5, 5.41) is 3.33. The van der Waals surface area contributed by atoms with Crippen molar-refractivity contribution in [2.75, 3.05) is 6.54 Å². The van der Waals surface area contributed by atoms with Gasteiger partial charge in [0.05, 0.1) is 4.87 Å². The molecule has 0 atom stereocenters. The molecular formula is C8H18ClN. The van der Waals surface area contributed by atoms with Crippen LogP contribution in [0.2, 0.25) is 0 Å². The smallest absolute Gasteiger partial charge is 0.0514 e. The Kier molecular flexibility index (Phi) is 3.18. The van der Waals surface area contributed by atoms with Crippen LogP contribution in [0, 0.1) is 0 Å². The van der Waals surface area contributed by atoms with Gasteiger partial charge >= 0.3 is 0 Å². The van der Waals surface area contributed by atoms with Crippen LogP contribution in [0.3, 0.4) is 0 Å². The quantitative estimate of drug-likeness (QED) is 0.617. The molecule has 0 aromatic heterocycles. The molecule has 0 bridgehead atoms. The van der Waals surface area contributed by atoms with Gasteiger partial charge < -0.3 is 5.32 Å². The van der Waals surface area contributed by atoms with E-state index in [4.69, 9.17) is 11.6 Å². The highest BCUT2D eigenvalue weighted by atomic mass is 35.5. The van der Waals surface area contributed by atoms with Crippen LogP contribution in [-0.2, 0) is 0 Å². The second kappa shape index (κ2) is 3.10.